The summed E-state index contributed by atoms with van der Waals surface area (Å²) in [5.41, 5.74) is 1.05. The van der Waals surface area contributed by atoms with E-state index in [0.29, 0.717) is 39.0 Å². The van der Waals surface area contributed by atoms with Gasteiger partial charge in [-0.3, -0.25) is 19.5 Å². The van der Waals surface area contributed by atoms with E-state index in [1.54, 1.807) is 17.3 Å². The molecule has 9 nitrogen and oxygen atoms in total. The molecule has 160 valence electrons. The molecule has 0 aliphatic carbocycles. The lowest BCUT2D eigenvalue weighted by Gasteiger charge is -2.38. The van der Waals surface area contributed by atoms with Crippen molar-refractivity contribution in [3.05, 3.63) is 24.5 Å². The normalized spacial score (nSPS) is 17.3. The first-order valence-corrected chi connectivity index (χ1v) is 9.63. The molecule has 3 rings (SSSR count). The Kier molecular flexibility index (Phi) is 8.66. The van der Waals surface area contributed by atoms with Gasteiger partial charge in [0.05, 0.1) is 7.11 Å². The Morgan fingerprint density at radius 2 is 1.76 bits per heavy atom. The number of halogens is 1. The minimum atomic E-state index is -0.592. The number of pyridine rings is 1. The molecule has 1 aromatic heterocycles. The number of imide groups is 1. The summed E-state index contributed by atoms with van der Waals surface area (Å²) < 4.78 is 4.70. The highest BCUT2D eigenvalue weighted by atomic mass is 35.5. The zero-order valence-corrected chi connectivity index (χ0v) is 17.4. The maximum atomic E-state index is 13.1. The third-order valence-corrected chi connectivity index (χ3v) is 5.28. The molecule has 3 amide bonds. The molecular weight excluding hydrogens is 398 g/mol. The number of methoxy groups -OCH3 is 1. The standard InChI is InChI=1S/C19H27N5O4.ClH/c1-28-17(25)14-24(18(26)15-2-6-20-7-3-15)19(27)23-12-10-22(11-13-23)16-4-8-21-9-5-16;/h4-5,8-9,15,20H,2-3,6-7,10-14H2,1H3;1H. The van der Waals surface area contributed by atoms with Gasteiger partial charge >= 0.3 is 12.0 Å². The average molecular weight is 426 g/mol. The van der Waals surface area contributed by atoms with Gasteiger partial charge in [-0.15, -0.1) is 12.4 Å². The SMILES string of the molecule is COC(=O)CN(C(=O)C1CCNCC1)C(=O)N1CCN(c2ccncc2)CC1.Cl. The largest absolute Gasteiger partial charge is 0.468 e. The number of esters is 1. The molecule has 0 bridgehead atoms. The highest BCUT2D eigenvalue weighted by Crippen LogP contribution is 2.19. The van der Waals surface area contributed by atoms with Gasteiger partial charge in [-0.1, -0.05) is 0 Å². The van der Waals surface area contributed by atoms with E-state index in [9.17, 15) is 14.4 Å². The zero-order valence-electron chi connectivity index (χ0n) is 16.6. The molecule has 0 spiro atoms. The van der Waals surface area contributed by atoms with Crippen molar-refractivity contribution < 1.29 is 19.1 Å². The van der Waals surface area contributed by atoms with Gasteiger partial charge in [0.2, 0.25) is 5.91 Å². The molecule has 0 unspecified atom stereocenters. The number of carbonyl (C=O) groups is 3. The summed E-state index contributed by atoms with van der Waals surface area (Å²) in [6.07, 6.45) is 4.81. The number of carbonyl (C=O) groups excluding carboxylic acids is 3. The first-order valence-electron chi connectivity index (χ1n) is 9.63. The number of anilines is 1. The van der Waals surface area contributed by atoms with Crippen LogP contribution in [0.5, 0.6) is 0 Å². The van der Waals surface area contributed by atoms with E-state index >= 15 is 0 Å². The molecule has 1 aromatic rings. The van der Waals surface area contributed by atoms with E-state index in [0.717, 1.165) is 23.7 Å². The van der Waals surface area contributed by atoms with Crippen molar-refractivity contribution >= 4 is 36.0 Å². The molecule has 2 fully saturated rings. The van der Waals surface area contributed by atoms with Crippen molar-refractivity contribution in [1.29, 1.82) is 0 Å². The molecule has 0 radical (unpaired) electrons. The Balaban J connectivity index is 0.00000300. The Morgan fingerprint density at radius 1 is 1.14 bits per heavy atom. The quantitative estimate of drug-likeness (QED) is 0.711. The van der Waals surface area contributed by atoms with E-state index < -0.39 is 12.0 Å². The van der Waals surface area contributed by atoms with E-state index in [1.807, 2.05) is 12.1 Å². The smallest absolute Gasteiger partial charge is 0.327 e. The van der Waals surface area contributed by atoms with Crippen LogP contribution >= 0.6 is 12.4 Å². The van der Waals surface area contributed by atoms with Gasteiger partial charge in [0.15, 0.2) is 0 Å². The van der Waals surface area contributed by atoms with Crippen molar-refractivity contribution in [3.8, 4) is 0 Å². The molecule has 29 heavy (non-hydrogen) atoms. The van der Waals surface area contributed by atoms with Crippen LogP contribution in [-0.4, -0.2) is 85.6 Å². The summed E-state index contributed by atoms with van der Waals surface area (Å²) in [4.78, 5) is 46.7. The van der Waals surface area contributed by atoms with Crippen LogP contribution in [0.4, 0.5) is 10.5 Å². The highest BCUT2D eigenvalue weighted by Gasteiger charge is 2.35. The summed E-state index contributed by atoms with van der Waals surface area (Å²) >= 11 is 0. The third kappa shape index (κ3) is 5.80. The average Bonchev–Trinajstić information content (AvgIpc) is 2.77. The van der Waals surface area contributed by atoms with Crippen LogP contribution in [0.2, 0.25) is 0 Å². The first-order chi connectivity index (χ1) is 13.6. The Hall–Kier alpha value is -2.39. The monoisotopic (exact) mass is 425 g/mol. The molecule has 3 heterocycles. The lowest BCUT2D eigenvalue weighted by molar-refractivity contribution is -0.147. The second kappa shape index (κ2) is 11.0. The summed E-state index contributed by atoms with van der Waals surface area (Å²) in [6, 6.07) is 3.45. The van der Waals surface area contributed by atoms with Gasteiger partial charge in [0, 0.05) is 50.2 Å². The number of piperidine rings is 1. The molecule has 2 saturated heterocycles. The number of hydrogen-bond acceptors (Lipinski definition) is 7. The maximum absolute atomic E-state index is 13.1. The first kappa shape index (κ1) is 22.9. The third-order valence-electron chi connectivity index (χ3n) is 5.28. The van der Waals surface area contributed by atoms with Crippen LogP contribution in [-0.2, 0) is 14.3 Å². The van der Waals surface area contributed by atoms with Crippen molar-refractivity contribution in [2.24, 2.45) is 5.92 Å². The van der Waals surface area contributed by atoms with Crippen LogP contribution in [0.1, 0.15) is 12.8 Å². The number of rotatable bonds is 4. The molecular formula is C19H28ClN5O4. The fraction of sp³-hybridized carbons (Fsp3) is 0.579. The van der Waals surface area contributed by atoms with Crippen molar-refractivity contribution in [3.63, 3.8) is 0 Å². The number of aromatic nitrogens is 1. The molecule has 1 N–H and O–H groups in total. The van der Waals surface area contributed by atoms with Crippen LogP contribution < -0.4 is 10.2 Å². The number of nitrogens with zero attached hydrogens (tertiary/aromatic N) is 4. The van der Waals surface area contributed by atoms with Gasteiger partial charge in [-0.25, -0.2) is 4.79 Å². The fourth-order valence-electron chi connectivity index (χ4n) is 3.60. The van der Waals surface area contributed by atoms with Gasteiger partial charge in [-0.05, 0) is 38.1 Å². The Labute approximate surface area is 176 Å². The number of nitrogens with one attached hydrogen (secondary N) is 1. The van der Waals surface area contributed by atoms with E-state index in [-0.39, 0.29) is 30.8 Å². The number of ether oxygens (including phenoxy) is 1. The number of piperazine rings is 1. The molecule has 2 aliphatic heterocycles. The maximum Gasteiger partial charge on any atom is 0.327 e. The number of hydrogen-bond donors (Lipinski definition) is 1. The highest BCUT2D eigenvalue weighted by molar-refractivity contribution is 5.98. The zero-order chi connectivity index (χ0) is 19.9. The molecule has 0 aromatic carbocycles. The van der Waals surface area contributed by atoms with Crippen LogP contribution in [0.25, 0.3) is 0 Å². The van der Waals surface area contributed by atoms with Gasteiger partial charge in [0.25, 0.3) is 0 Å². The molecule has 0 saturated carbocycles. The predicted octanol–water partition coefficient (Wildman–Crippen LogP) is 0.747. The van der Waals surface area contributed by atoms with Gasteiger partial charge < -0.3 is 19.9 Å². The van der Waals surface area contributed by atoms with Crippen molar-refractivity contribution in [2.75, 3.05) is 57.8 Å². The number of amides is 3. The summed E-state index contributed by atoms with van der Waals surface area (Å²) in [5.74, 6) is -1.12. The van der Waals surface area contributed by atoms with Crippen molar-refractivity contribution in [1.82, 2.24) is 20.1 Å². The topological polar surface area (TPSA) is 95.1 Å². The Morgan fingerprint density at radius 3 is 2.34 bits per heavy atom. The minimum absolute atomic E-state index is 0. The van der Waals surface area contributed by atoms with E-state index in [4.69, 9.17) is 4.74 Å². The van der Waals surface area contributed by atoms with Crippen LogP contribution in [0.3, 0.4) is 0 Å². The second-order valence-corrected chi connectivity index (χ2v) is 6.99. The molecule has 2 aliphatic rings. The minimum Gasteiger partial charge on any atom is -0.468 e. The van der Waals surface area contributed by atoms with E-state index in [2.05, 4.69) is 15.2 Å². The van der Waals surface area contributed by atoms with Crippen LogP contribution in [0.15, 0.2) is 24.5 Å². The van der Waals surface area contributed by atoms with Crippen LogP contribution in [0, 0.1) is 5.92 Å². The summed E-state index contributed by atoms with van der Waals surface area (Å²) in [5, 5.41) is 3.21. The van der Waals surface area contributed by atoms with Gasteiger partial charge in [0.1, 0.15) is 6.54 Å². The molecule has 10 heteroatoms. The fourth-order valence-corrected chi connectivity index (χ4v) is 3.60. The Bertz CT molecular complexity index is 691. The van der Waals surface area contributed by atoms with Gasteiger partial charge in [-0.2, -0.15) is 0 Å². The molecule has 0 atom stereocenters. The second-order valence-electron chi connectivity index (χ2n) is 6.99. The lowest BCUT2D eigenvalue weighted by atomic mass is 9.96. The predicted molar refractivity (Wildman–Crippen MR) is 110 cm³/mol. The summed E-state index contributed by atoms with van der Waals surface area (Å²) in [6.45, 7) is 3.41. The number of urea groups is 1. The lowest BCUT2D eigenvalue weighted by Crippen LogP contribution is -2.56. The summed E-state index contributed by atoms with van der Waals surface area (Å²) in [7, 11) is 1.26. The van der Waals surface area contributed by atoms with E-state index in [1.165, 1.54) is 7.11 Å². The van der Waals surface area contributed by atoms with Crippen molar-refractivity contribution in [2.45, 2.75) is 12.8 Å².